The first-order valence-corrected chi connectivity index (χ1v) is 6.21. The zero-order chi connectivity index (χ0) is 12.3. The van der Waals surface area contributed by atoms with Gasteiger partial charge in [0.1, 0.15) is 0 Å². The highest BCUT2D eigenvalue weighted by molar-refractivity contribution is 5.17. The molecule has 1 aliphatic heterocycles. The van der Waals surface area contributed by atoms with Gasteiger partial charge in [-0.2, -0.15) is 0 Å². The average molecular weight is 235 g/mol. The number of nitrogens with zero attached hydrogens (tertiary/aromatic N) is 2. The van der Waals surface area contributed by atoms with Crippen molar-refractivity contribution in [2.24, 2.45) is 5.73 Å². The Labute approximate surface area is 103 Å². The third kappa shape index (κ3) is 2.65. The molecule has 0 radical (unpaired) electrons. The molecule has 2 unspecified atom stereocenters. The Morgan fingerprint density at radius 2 is 2.41 bits per heavy atom. The number of aromatic nitrogens is 1. The summed E-state index contributed by atoms with van der Waals surface area (Å²) in [7, 11) is 0. The van der Waals surface area contributed by atoms with Crippen molar-refractivity contribution < 1.29 is 4.74 Å². The molecule has 1 aromatic rings. The fourth-order valence-corrected chi connectivity index (χ4v) is 2.49. The molecule has 0 saturated carbocycles. The van der Waals surface area contributed by atoms with Crippen LogP contribution >= 0.6 is 0 Å². The van der Waals surface area contributed by atoms with Crippen LogP contribution in [0.2, 0.25) is 0 Å². The number of nitrogens with two attached hydrogens (primary N) is 1. The quantitative estimate of drug-likeness (QED) is 0.855. The van der Waals surface area contributed by atoms with Gasteiger partial charge in [0.05, 0.1) is 18.8 Å². The van der Waals surface area contributed by atoms with Crippen LogP contribution < -0.4 is 5.73 Å². The van der Waals surface area contributed by atoms with Crippen molar-refractivity contribution >= 4 is 0 Å². The van der Waals surface area contributed by atoms with Crippen LogP contribution in [0.4, 0.5) is 0 Å². The van der Waals surface area contributed by atoms with E-state index in [1.165, 1.54) is 5.56 Å². The van der Waals surface area contributed by atoms with Crippen molar-refractivity contribution in [3.63, 3.8) is 0 Å². The van der Waals surface area contributed by atoms with E-state index in [9.17, 15) is 0 Å². The number of hydrogen-bond donors (Lipinski definition) is 1. The number of rotatable bonds is 3. The summed E-state index contributed by atoms with van der Waals surface area (Å²) in [5, 5.41) is 0. The topological polar surface area (TPSA) is 51.4 Å². The fourth-order valence-electron chi connectivity index (χ4n) is 2.49. The van der Waals surface area contributed by atoms with E-state index >= 15 is 0 Å². The van der Waals surface area contributed by atoms with Gasteiger partial charge >= 0.3 is 0 Å². The molecule has 0 aliphatic carbocycles. The monoisotopic (exact) mass is 235 g/mol. The molecule has 2 N–H and O–H groups in total. The van der Waals surface area contributed by atoms with Crippen LogP contribution in [0, 0.1) is 0 Å². The normalized spacial score (nSPS) is 26.4. The van der Waals surface area contributed by atoms with E-state index in [1.54, 1.807) is 6.20 Å². The second kappa shape index (κ2) is 5.58. The lowest BCUT2D eigenvalue weighted by molar-refractivity contribution is -0.0790. The van der Waals surface area contributed by atoms with E-state index in [0.29, 0.717) is 12.6 Å². The molecule has 2 rings (SSSR count). The maximum atomic E-state index is 5.82. The average Bonchev–Trinajstić information content (AvgIpc) is 2.38. The zero-order valence-electron chi connectivity index (χ0n) is 10.5. The summed E-state index contributed by atoms with van der Waals surface area (Å²) < 4.78 is 5.78. The summed E-state index contributed by atoms with van der Waals surface area (Å²) in [4.78, 5) is 6.64. The molecule has 0 amide bonds. The Bertz CT molecular complexity index is 342. The van der Waals surface area contributed by atoms with Gasteiger partial charge in [0, 0.05) is 31.5 Å². The third-order valence-corrected chi connectivity index (χ3v) is 3.31. The van der Waals surface area contributed by atoms with Gasteiger partial charge in [0.2, 0.25) is 0 Å². The second-order valence-corrected chi connectivity index (χ2v) is 4.71. The predicted octanol–water partition coefficient (Wildman–Crippen LogP) is 1.19. The fraction of sp³-hybridized carbons (Fsp3) is 0.615. The molecule has 1 aromatic heterocycles. The summed E-state index contributed by atoms with van der Waals surface area (Å²) in [6.07, 6.45) is 3.78. The lowest BCUT2D eigenvalue weighted by atomic mass is 9.98. The molecule has 0 aromatic carbocycles. The van der Waals surface area contributed by atoms with Gasteiger partial charge in [0.25, 0.3) is 0 Å². The predicted molar refractivity (Wildman–Crippen MR) is 67.6 cm³/mol. The van der Waals surface area contributed by atoms with Crippen molar-refractivity contribution in [2.45, 2.75) is 32.0 Å². The number of morpholine rings is 1. The van der Waals surface area contributed by atoms with Crippen LogP contribution in [-0.4, -0.2) is 41.7 Å². The molecule has 2 atom stereocenters. The molecule has 1 saturated heterocycles. The van der Waals surface area contributed by atoms with Gasteiger partial charge in [-0.25, -0.2) is 0 Å². The third-order valence-electron chi connectivity index (χ3n) is 3.31. The highest BCUT2D eigenvalue weighted by Crippen LogP contribution is 2.30. The molecular formula is C13H21N3O. The summed E-state index contributed by atoms with van der Waals surface area (Å²) in [5.41, 5.74) is 7.01. The minimum atomic E-state index is 0.0651. The largest absolute Gasteiger partial charge is 0.374 e. The molecule has 0 bridgehead atoms. The van der Waals surface area contributed by atoms with Gasteiger partial charge in [-0.05, 0) is 25.5 Å². The Morgan fingerprint density at radius 1 is 1.59 bits per heavy atom. The lowest BCUT2D eigenvalue weighted by Crippen LogP contribution is -2.50. The highest BCUT2D eigenvalue weighted by atomic mass is 16.5. The first kappa shape index (κ1) is 12.5. The molecule has 1 aliphatic rings. The van der Waals surface area contributed by atoms with Gasteiger partial charge in [-0.15, -0.1) is 0 Å². The van der Waals surface area contributed by atoms with Crippen LogP contribution in [0.1, 0.15) is 25.5 Å². The first-order valence-electron chi connectivity index (χ1n) is 6.21. The Balaban J connectivity index is 2.28. The number of pyridine rings is 1. The van der Waals surface area contributed by atoms with Crippen molar-refractivity contribution in [3.05, 3.63) is 30.1 Å². The van der Waals surface area contributed by atoms with Crippen molar-refractivity contribution in [1.29, 1.82) is 0 Å². The van der Waals surface area contributed by atoms with E-state index < -0.39 is 0 Å². The van der Waals surface area contributed by atoms with E-state index in [4.69, 9.17) is 10.5 Å². The Hall–Kier alpha value is -0.970. The SMILES string of the molecule is CC(C)N1CCOC(CN)C1c1cccnc1. The van der Waals surface area contributed by atoms with Crippen LogP contribution in [0.5, 0.6) is 0 Å². The molecular weight excluding hydrogens is 214 g/mol. The van der Waals surface area contributed by atoms with Gasteiger partial charge < -0.3 is 10.5 Å². The van der Waals surface area contributed by atoms with E-state index in [0.717, 1.165) is 13.2 Å². The second-order valence-electron chi connectivity index (χ2n) is 4.71. The van der Waals surface area contributed by atoms with Crippen LogP contribution in [-0.2, 0) is 4.74 Å². The molecule has 2 heterocycles. The van der Waals surface area contributed by atoms with Crippen molar-refractivity contribution in [2.75, 3.05) is 19.7 Å². The minimum absolute atomic E-state index is 0.0651. The Kier molecular flexibility index (Phi) is 4.10. The minimum Gasteiger partial charge on any atom is -0.374 e. The van der Waals surface area contributed by atoms with Crippen molar-refractivity contribution in [1.82, 2.24) is 9.88 Å². The van der Waals surface area contributed by atoms with Crippen LogP contribution in [0.25, 0.3) is 0 Å². The number of hydrogen-bond acceptors (Lipinski definition) is 4. The molecule has 4 heteroatoms. The van der Waals surface area contributed by atoms with Gasteiger partial charge in [0.15, 0.2) is 0 Å². The van der Waals surface area contributed by atoms with Crippen molar-refractivity contribution in [3.8, 4) is 0 Å². The number of ether oxygens (including phenoxy) is 1. The first-order chi connectivity index (χ1) is 8.24. The van der Waals surface area contributed by atoms with E-state index in [-0.39, 0.29) is 12.1 Å². The molecule has 94 valence electrons. The molecule has 0 spiro atoms. The van der Waals surface area contributed by atoms with E-state index in [2.05, 4.69) is 29.8 Å². The smallest absolute Gasteiger partial charge is 0.0894 e. The zero-order valence-corrected chi connectivity index (χ0v) is 10.5. The summed E-state index contributed by atoms with van der Waals surface area (Å²) in [6, 6.07) is 4.78. The maximum absolute atomic E-state index is 5.82. The lowest BCUT2D eigenvalue weighted by Gasteiger charge is -2.43. The maximum Gasteiger partial charge on any atom is 0.0894 e. The van der Waals surface area contributed by atoms with Crippen LogP contribution in [0.3, 0.4) is 0 Å². The summed E-state index contributed by atoms with van der Waals surface area (Å²) in [6.45, 7) is 6.68. The van der Waals surface area contributed by atoms with Crippen LogP contribution in [0.15, 0.2) is 24.5 Å². The van der Waals surface area contributed by atoms with Gasteiger partial charge in [-0.1, -0.05) is 6.07 Å². The molecule has 17 heavy (non-hydrogen) atoms. The van der Waals surface area contributed by atoms with Gasteiger partial charge in [-0.3, -0.25) is 9.88 Å². The standard InChI is InChI=1S/C13H21N3O/c1-10(2)16-6-7-17-12(8-14)13(16)11-4-3-5-15-9-11/h3-5,9-10,12-13H,6-8,14H2,1-2H3. The summed E-state index contributed by atoms with van der Waals surface area (Å²) >= 11 is 0. The highest BCUT2D eigenvalue weighted by Gasteiger charge is 2.34. The molecule has 1 fully saturated rings. The molecule has 4 nitrogen and oxygen atoms in total. The van der Waals surface area contributed by atoms with E-state index in [1.807, 2.05) is 12.3 Å². The Morgan fingerprint density at radius 3 is 3.00 bits per heavy atom. The summed E-state index contributed by atoms with van der Waals surface area (Å²) in [5.74, 6) is 0.